The van der Waals surface area contributed by atoms with Gasteiger partial charge in [0, 0.05) is 5.56 Å². The number of hydrogen-bond acceptors (Lipinski definition) is 5. The van der Waals surface area contributed by atoms with E-state index in [-0.39, 0.29) is 23.1 Å². The highest BCUT2D eigenvalue weighted by atomic mass is 16.5. The van der Waals surface area contributed by atoms with E-state index in [9.17, 15) is 19.2 Å². The van der Waals surface area contributed by atoms with Crippen LogP contribution in [0.1, 0.15) is 46.4 Å². The van der Waals surface area contributed by atoms with Crippen molar-refractivity contribution in [2.24, 2.45) is 0 Å². The van der Waals surface area contributed by atoms with E-state index in [0.29, 0.717) is 29.8 Å². The summed E-state index contributed by atoms with van der Waals surface area (Å²) in [5.74, 6) is -1.81. The fraction of sp³-hybridized carbons (Fsp3) is 0.214. The van der Waals surface area contributed by atoms with Gasteiger partial charge in [-0.1, -0.05) is 55.3 Å². The van der Waals surface area contributed by atoms with Crippen LogP contribution in [-0.2, 0) is 14.3 Å². The average Bonchev–Trinajstić information content (AvgIpc) is 3.39. The van der Waals surface area contributed by atoms with Gasteiger partial charge in [-0.25, -0.2) is 4.79 Å². The van der Waals surface area contributed by atoms with Gasteiger partial charge in [-0.05, 0) is 49.2 Å². The molecule has 1 spiro atoms. The monoisotopic (exact) mass is 483 g/mol. The number of fused-ring (bicyclic) bond motifs is 1. The summed E-state index contributed by atoms with van der Waals surface area (Å²) in [5.41, 5.74) is 1.00. The number of nitrogens with one attached hydrogen (secondary N) is 2. The smallest absolute Gasteiger partial charge is 0.340 e. The summed E-state index contributed by atoms with van der Waals surface area (Å²) in [6, 6.07) is 22.2. The van der Waals surface area contributed by atoms with E-state index < -0.39 is 24.0 Å². The molecule has 3 aromatic rings. The van der Waals surface area contributed by atoms with Crippen molar-refractivity contribution in [3.63, 3.8) is 0 Å². The number of amides is 3. The van der Waals surface area contributed by atoms with Gasteiger partial charge in [0.25, 0.3) is 17.7 Å². The molecule has 1 aliphatic carbocycles. The predicted octanol–water partition coefficient (Wildman–Crippen LogP) is 4.39. The largest absolute Gasteiger partial charge is 0.452 e. The Labute approximate surface area is 208 Å². The third-order valence-electron chi connectivity index (χ3n) is 6.68. The van der Waals surface area contributed by atoms with Crippen LogP contribution in [0.4, 0.5) is 17.1 Å². The van der Waals surface area contributed by atoms with E-state index in [1.165, 1.54) is 11.0 Å². The van der Waals surface area contributed by atoms with Gasteiger partial charge < -0.3 is 15.4 Å². The van der Waals surface area contributed by atoms with E-state index in [1.807, 2.05) is 0 Å². The number of anilines is 3. The van der Waals surface area contributed by atoms with Crippen LogP contribution in [0.25, 0.3) is 0 Å². The van der Waals surface area contributed by atoms with Gasteiger partial charge in [-0.15, -0.1) is 0 Å². The summed E-state index contributed by atoms with van der Waals surface area (Å²) in [5, 5.41) is 5.66. The molecule has 1 saturated carbocycles. The molecule has 0 radical (unpaired) electrons. The van der Waals surface area contributed by atoms with Crippen molar-refractivity contribution in [2.75, 3.05) is 22.1 Å². The molecule has 0 unspecified atom stereocenters. The number of para-hydroxylation sites is 3. The minimum Gasteiger partial charge on any atom is -0.452 e. The Kier molecular flexibility index (Phi) is 6.25. The van der Waals surface area contributed by atoms with Crippen LogP contribution < -0.4 is 15.5 Å². The van der Waals surface area contributed by atoms with E-state index in [1.54, 1.807) is 72.8 Å². The second-order valence-corrected chi connectivity index (χ2v) is 8.88. The van der Waals surface area contributed by atoms with Crippen LogP contribution in [0.5, 0.6) is 0 Å². The third kappa shape index (κ3) is 4.22. The SMILES string of the molecule is O=C(Nc1ccccc1C(=O)OCC(=O)N1c2ccccc2NC(=O)C12CCCC2)c1ccccc1. The van der Waals surface area contributed by atoms with E-state index in [2.05, 4.69) is 10.6 Å². The maximum Gasteiger partial charge on any atom is 0.340 e. The lowest BCUT2D eigenvalue weighted by Crippen LogP contribution is -2.61. The van der Waals surface area contributed by atoms with Gasteiger partial charge in [0.15, 0.2) is 6.61 Å². The molecule has 36 heavy (non-hydrogen) atoms. The Hall–Kier alpha value is -4.46. The molecular weight excluding hydrogens is 458 g/mol. The highest BCUT2D eigenvalue weighted by molar-refractivity contribution is 6.15. The summed E-state index contributed by atoms with van der Waals surface area (Å²) >= 11 is 0. The maximum atomic E-state index is 13.5. The number of nitrogens with zero attached hydrogens (tertiary/aromatic N) is 1. The zero-order valence-electron chi connectivity index (χ0n) is 19.5. The molecule has 0 saturated heterocycles. The lowest BCUT2D eigenvalue weighted by molar-refractivity contribution is -0.129. The Bertz CT molecular complexity index is 1330. The fourth-order valence-electron chi connectivity index (χ4n) is 4.95. The predicted molar refractivity (Wildman–Crippen MR) is 135 cm³/mol. The molecule has 2 N–H and O–H groups in total. The number of carbonyl (C=O) groups is 4. The van der Waals surface area contributed by atoms with Gasteiger partial charge in [-0.3, -0.25) is 19.3 Å². The topological polar surface area (TPSA) is 105 Å². The molecule has 0 atom stereocenters. The molecule has 2 aliphatic rings. The normalized spacial score (nSPS) is 15.7. The van der Waals surface area contributed by atoms with Gasteiger partial charge in [0.05, 0.1) is 22.6 Å². The van der Waals surface area contributed by atoms with Crippen LogP contribution in [0.3, 0.4) is 0 Å². The standard InChI is InChI=1S/C28H25N3O5/c32-24(31-23-15-7-6-14-22(23)30-27(35)28(31)16-8-9-17-28)18-36-26(34)20-12-4-5-13-21(20)29-25(33)19-10-2-1-3-11-19/h1-7,10-15H,8-9,16-18H2,(H,29,33)(H,30,35). The summed E-state index contributed by atoms with van der Waals surface area (Å²) < 4.78 is 5.41. The molecule has 3 amide bonds. The van der Waals surface area contributed by atoms with Crippen LogP contribution >= 0.6 is 0 Å². The number of hydrogen-bond donors (Lipinski definition) is 2. The Morgan fingerprint density at radius 3 is 2.33 bits per heavy atom. The summed E-state index contributed by atoms with van der Waals surface area (Å²) in [4.78, 5) is 53.6. The summed E-state index contributed by atoms with van der Waals surface area (Å²) in [6.45, 7) is -0.539. The second-order valence-electron chi connectivity index (χ2n) is 8.88. The number of carbonyl (C=O) groups excluding carboxylic acids is 4. The van der Waals surface area contributed by atoms with Crippen LogP contribution in [0, 0.1) is 0 Å². The number of benzene rings is 3. The quantitative estimate of drug-likeness (QED) is 0.524. The van der Waals surface area contributed by atoms with Crippen LogP contribution in [-0.4, -0.2) is 35.8 Å². The molecule has 8 nitrogen and oxygen atoms in total. The Balaban J connectivity index is 1.34. The third-order valence-corrected chi connectivity index (χ3v) is 6.68. The first-order valence-electron chi connectivity index (χ1n) is 11.9. The number of rotatable bonds is 5. The molecule has 8 heteroatoms. The van der Waals surface area contributed by atoms with E-state index in [4.69, 9.17) is 4.74 Å². The average molecular weight is 484 g/mol. The molecule has 0 bridgehead atoms. The first-order chi connectivity index (χ1) is 17.5. The lowest BCUT2D eigenvalue weighted by atomic mass is 9.90. The molecular formula is C28H25N3O5. The Morgan fingerprint density at radius 2 is 1.56 bits per heavy atom. The molecule has 5 rings (SSSR count). The molecule has 182 valence electrons. The first-order valence-corrected chi connectivity index (χ1v) is 11.9. The molecule has 1 aliphatic heterocycles. The van der Waals surface area contributed by atoms with Gasteiger partial charge >= 0.3 is 5.97 Å². The van der Waals surface area contributed by atoms with Gasteiger partial charge in [0.2, 0.25) is 0 Å². The molecule has 1 heterocycles. The van der Waals surface area contributed by atoms with Crippen molar-refractivity contribution in [1.29, 1.82) is 0 Å². The van der Waals surface area contributed by atoms with Crippen LogP contribution in [0.15, 0.2) is 78.9 Å². The number of esters is 1. The first kappa shape index (κ1) is 23.3. The zero-order chi connectivity index (χ0) is 25.1. The van der Waals surface area contributed by atoms with Gasteiger partial charge in [0.1, 0.15) is 5.54 Å². The maximum absolute atomic E-state index is 13.5. The van der Waals surface area contributed by atoms with Gasteiger partial charge in [-0.2, -0.15) is 0 Å². The zero-order valence-corrected chi connectivity index (χ0v) is 19.5. The highest BCUT2D eigenvalue weighted by Crippen LogP contribution is 2.45. The molecule has 3 aromatic carbocycles. The van der Waals surface area contributed by atoms with Crippen molar-refractivity contribution in [2.45, 2.75) is 31.2 Å². The van der Waals surface area contributed by atoms with E-state index >= 15 is 0 Å². The summed E-state index contributed by atoms with van der Waals surface area (Å²) in [7, 11) is 0. The van der Waals surface area contributed by atoms with Crippen molar-refractivity contribution in [1.82, 2.24) is 0 Å². The lowest BCUT2D eigenvalue weighted by Gasteiger charge is -2.44. The minimum absolute atomic E-state index is 0.127. The summed E-state index contributed by atoms with van der Waals surface area (Å²) in [6.07, 6.45) is 2.74. The molecule has 1 fully saturated rings. The molecule has 0 aromatic heterocycles. The van der Waals surface area contributed by atoms with Crippen molar-refractivity contribution in [3.05, 3.63) is 90.0 Å². The second kappa shape index (κ2) is 9.65. The Morgan fingerprint density at radius 1 is 0.889 bits per heavy atom. The number of ether oxygens (including phenoxy) is 1. The van der Waals surface area contributed by atoms with Crippen molar-refractivity contribution >= 4 is 40.8 Å². The van der Waals surface area contributed by atoms with Crippen molar-refractivity contribution in [3.8, 4) is 0 Å². The van der Waals surface area contributed by atoms with Crippen LogP contribution in [0.2, 0.25) is 0 Å². The van der Waals surface area contributed by atoms with E-state index in [0.717, 1.165) is 12.8 Å². The fourth-order valence-corrected chi connectivity index (χ4v) is 4.95. The minimum atomic E-state index is -0.987. The highest BCUT2D eigenvalue weighted by Gasteiger charge is 2.52. The van der Waals surface area contributed by atoms with Crippen molar-refractivity contribution < 1.29 is 23.9 Å².